The number of rotatable bonds is 23. The first-order valence-corrected chi connectivity index (χ1v) is 22.8. The summed E-state index contributed by atoms with van der Waals surface area (Å²) in [6.45, 7) is 9.75. The number of phosphoric acid groups is 1. The van der Waals surface area contributed by atoms with Gasteiger partial charge in [-0.15, -0.1) is 22.7 Å². The minimum Gasteiger partial charge on any atom is -0.790 e. The predicted molar refractivity (Wildman–Crippen MR) is 223 cm³/mol. The van der Waals surface area contributed by atoms with E-state index in [4.69, 9.17) is 14.0 Å². The van der Waals surface area contributed by atoms with Gasteiger partial charge >= 0.3 is 71.2 Å². The molecule has 0 aliphatic heterocycles. The molecule has 0 fully saturated rings. The first-order valence-electron chi connectivity index (χ1n) is 19.6. The molecular weight excluding hydrogens is 862 g/mol. The zero-order chi connectivity index (χ0) is 43.0. The summed E-state index contributed by atoms with van der Waals surface area (Å²) in [7, 11) is -3.88. The minimum absolute atomic E-state index is 0. The van der Waals surface area contributed by atoms with Gasteiger partial charge in [0.2, 0.25) is 5.91 Å². The maximum atomic E-state index is 14.3. The van der Waals surface area contributed by atoms with Crippen LogP contribution in [-0.4, -0.2) is 70.5 Å². The molecule has 20 heteroatoms. The third-order valence-electron chi connectivity index (χ3n) is 9.20. The fourth-order valence-electron chi connectivity index (χ4n) is 6.24. The Hall–Kier alpha value is -2.22. The molecule has 4 amide bonds. The van der Waals surface area contributed by atoms with E-state index in [-0.39, 0.29) is 103 Å². The molecule has 0 radical (unpaired) electrons. The average molecular weight is 917 g/mol. The molecule has 4 aromatic rings. The average Bonchev–Trinajstić information content (AvgIpc) is 3.89. The third-order valence-corrected chi connectivity index (χ3v) is 11.6. The number of phosphoric ester groups is 1. The van der Waals surface area contributed by atoms with E-state index in [0.717, 1.165) is 26.7 Å². The van der Waals surface area contributed by atoms with Crippen LogP contribution in [0.15, 0.2) is 77.8 Å². The third kappa shape index (κ3) is 20.0. The normalized spacial score (nSPS) is 13.8. The van der Waals surface area contributed by atoms with Crippen molar-refractivity contribution in [2.75, 3.05) is 7.05 Å². The van der Waals surface area contributed by atoms with Crippen LogP contribution in [-0.2, 0) is 49.4 Å². The molecular formula is C41H55N6Na2O9PS2. The second kappa shape index (κ2) is 27.9. The monoisotopic (exact) mass is 916 g/mol. The number of thiazole rings is 2. The molecule has 0 spiro atoms. The van der Waals surface area contributed by atoms with Gasteiger partial charge in [-0.05, 0) is 42.7 Å². The van der Waals surface area contributed by atoms with Gasteiger partial charge in [0.25, 0.3) is 0 Å². The van der Waals surface area contributed by atoms with Gasteiger partial charge in [-0.2, -0.15) is 0 Å². The molecule has 0 saturated heterocycles. The van der Waals surface area contributed by atoms with Crippen molar-refractivity contribution in [3.63, 3.8) is 0 Å². The second-order valence-electron chi connectivity index (χ2n) is 14.9. The Labute approximate surface area is 411 Å². The summed E-state index contributed by atoms with van der Waals surface area (Å²) >= 11 is 2.86. The maximum absolute atomic E-state index is 14.3. The first-order chi connectivity index (χ1) is 28.1. The van der Waals surface area contributed by atoms with Crippen LogP contribution in [0.4, 0.5) is 9.59 Å². The Kier molecular flexibility index (Phi) is 25.1. The standard InChI is InChI=1S/C41H57N6O9PS2.2Na/c1-7-14-36(56-57(51,52)53)55-35(34(20-30-17-12-9-13-18-30)45-41(50)54-24-33-22-42-26-59-33)21-31(19-29-15-10-8-11-16-29)43-38(48)37(27(2)3)46-40(49)47(6)23-32-25-58-39(44-32)28(4)5;;/h8-13,15-18,22,25-28,31,34-37H,7,14,19-21,23-24H2,1-6H3,(H,43,48)(H,45,50)(H,46,49)(H2,51,52,53);;/q;2*+1/p-2/t31-,34-,35-,36?,37-;;/m0../s1. The van der Waals surface area contributed by atoms with Gasteiger partial charge in [0.1, 0.15) is 12.6 Å². The fraction of sp³-hybridized carbons (Fsp3) is 0.488. The molecule has 2 heterocycles. The van der Waals surface area contributed by atoms with Crippen LogP contribution in [0.25, 0.3) is 0 Å². The zero-order valence-corrected chi connectivity index (χ0v) is 42.8. The van der Waals surface area contributed by atoms with Crippen LogP contribution in [0, 0.1) is 5.92 Å². The molecule has 15 nitrogen and oxygen atoms in total. The number of carbonyl (C=O) groups excluding carboxylic acids is 3. The Bertz CT molecular complexity index is 1930. The van der Waals surface area contributed by atoms with Crippen LogP contribution in [0.3, 0.4) is 0 Å². The molecule has 0 aliphatic rings. The summed E-state index contributed by atoms with van der Waals surface area (Å²) in [6.07, 6.45) is -0.756. The van der Waals surface area contributed by atoms with Crippen LogP contribution >= 0.6 is 30.5 Å². The molecule has 3 N–H and O–H groups in total. The van der Waals surface area contributed by atoms with E-state index in [1.165, 1.54) is 27.6 Å². The van der Waals surface area contributed by atoms with Crippen molar-refractivity contribution in [2.24, 2.45) is 5.92 Å². The van der Waals surface area contributed by atoms with Crippen LogP contribution in [0.1, 0.15) is 86.5 Å². The Balaban J connectivity index is 0.00000641. The van der Waals surface area contributed by atoms with Crippen molar-refractivity contribution in [3.8, 4) is 0 Å². The Morgan fingerprint density at radius 2 is 1.54 bits per heavy atom. The molecule has 2 aromatic carbocycles. The summed E-state index contributed by atoms with van der Waals surface area (Å²) in [5.74, 6) is -0.526. The SMILES string of the molecule is CCCC(O[C@@H](C[C@H](Cc1ccccc1)NC(=O)[C@@H](NC(=O)N(C)Cc1csc(C(C)C)n1)C(C)C)[C@H](Cc1ccccc1)NC(=O)OCc1cncs1)OP(=O)([O-])[O-].[Na+].[Na+]. The second-order valence-corrected chi connectivity index (χ2v) is 17.9. The summed E-state index contributed by atoms with van der Waals surface area (Å²) < 4.78 is 28.8. The number of nitrogens with one attached hydrogen (secondary N) is 3. The number of ether oxygens (including phenoxy) is 2. The molecule has 322 valence electrons. The molecule has 0 saturated carbocycles. The van der Waals surface area contributed by atoms with Gasteiger partial charge in [-0.1, -0.05) is 102 Å². The number of amides is 4. The number of alkyl carbamates (subject to hydrolysis) is 1. The topological polar surface area (TPSA) is 207 Å². The van der Waals surface area contributed by atoms with E-state index in [2.05, 4.69) is 39.8 Å². The van der Waals surface area contributed by atoms with Crippen molar-refractivity contribution in [1.29, 1.82) is 0 Å². The van der Waals surface area contributed by atoms with Gasteiger partial charge in [0, 0.05) is 30.6 Å². The number of aromatic nitrogens is 2. The van der Waals surface area contributed by atoms with Gasteiger partial charge in [-0.25, -0.2) is 14.6 Å². The van der Waals surface area contributed by atoms with Crippen molar-refractivity contribution < 1.29 is 102 Å². The largest absolute Gasteiger partial charge is 1.00 e. The molecule has 0 bridgehead atoms. The molecule has 2 aromatic heterocycles. The van der Waals surface area contributed by atoms with Crippen molar-refractivity contribution in [2.45, 2.75) is 116 Å². The molecule has 0 aliphatic carbocycles. The van der Waals surface area contributed by atoms with Crippen LogP contribution in [0.5, 0.6) is 0 Å². The quantitative estimate of drug-likeness (QED) is 0.0510. The Morgan fingerprint density at radius 3 is 2.08 bits per heavy atom. The zero-order valence-electron chi connectivity index (χ0n) is 36.3. The van der Waals surface area contributed by atoms with Crippen molar-refractivity contribution >= 4 is 48.5 Å². The number of hydrogen-bond donors (Lipinski definition) is 3. The number of benzene rings is 2. The molecule has 1 unspecified atom stereocenters. The van der Waals surface area contributed by atoms with Gasteiger partial charge < -0.3 is 49.2 Å². The number of hydrogen-bond acceptors (Lipinski definition) is 13. The summed E-state index contributed by atoms with van der Waals surface area (Å²) in [4.78, 5) is 75.9. The smallest absolute Gasteiger partial charge is 0.790 e. The van der Waals surface area contributed by atoms with Crippen LogP contribution < -0.4 is 84.9 Å². The predicted octanol–water partition coefficient (Wildman–Crippen LogP) is -0.0910. The molecule has 4 rings (SSSR count). The van der Waals surface area contributed by atoms with E-state index < -0.39 is 56.4 Å². The van der Waals surface area contributed by atoms with E-state index in [1.54, 1.807) is 25.7 Å². The number of urea groups is 1. The van der Waals surface area contributed by atoms with Crippen molar-refractivity contribution in [1.82, 2.24) is 30.8 Å². The van der Waals surface area contributed by atoms with Crippen LogP contribution in [0.2, 0.25) is 0 Å². The van der Waals surface area contributed by atoms with Gasteiger partial charge in [0.15, 0.2) is 6.29 Å². The van der Waals surface area contributed by atoms with Gasteiger partial charge in [-0.3, -0.25) is 9.78 Å². The van der Waals surface area contributed by atoms with E-state index in [1.807, 2.05) is 79.9 Å². The number of carbonyl (C=O) groups is 3. The summed E-state index contributed by atoms with van der Waals surface area (Å²) in [5.41, 5.74) is 4.05. The van der Waals surface area contributed by atoms with E-state index in [0.29, 0.717) is 12.8 Å². The summed E-state index contributed by atoms with van der Waals surface area (Å²) in [5, 5.41) is 11.8. The van der Waals surface area contributed by atoms with Gasteiger partial charge in [0.05, 0.1) is 47.6 Å². The summed E-state index contributed by atoms with van der Waals surface area (Å²) in [6, 6.07) is 15.7. The molecule has 61 heavy (non-hydrogen) atoms. The fourth-order valence-corrected chi connectivity index (χ4v) is 8.01. The van der Waals surface area contributed by atoms with E-state index >= 15 is 0 Å². The maximum Gasteiger partial charge on any atom is 1.00 e. The van der Waals surface area contributed by atoms with Crippen molar-refractivity contribution in [3.05, 3.63) is 104 Å². The van der Waals surface area contributed by atoms with E-state index in [9.17, 15) is 28.7 Å². The first kappa shape index (κ1) is 54.9. The Morgan fingerprint density at radius 1 is 0.902 bits per heavy atom. The number of nitrogens with zero attached hydrogens (tertiary/aromatic N) is 3. The minimum atomic E-state index is -5.51. The molecule has 5 atom stereocenters.